The van der Waals surface area contributed by atoms with Crippen LogP contribution in [0.2, 0.25) is 0 Å². The van der Waals surface area contributed by atoms with Gasteiger partial charge in [-0.25, -0.2) is 0 Å². The van der Waals surface area contributed by atoms with Gasteiger partial charge in [0.1, 0.15) is 0 Å². The van der Waals surface area contributed by atoms with Crippen LogP contribution in [0.3, 0.4) is 0 Å². The molecule has 1 saturated heterocycles. The number of thioether (sulfide) groups is 1. The average Bonchev–Trinajstić information content (AvgIpc) is 2.72. The van der Waals surface area contributed by atoms with Crippen molar-refractivity contribution < 1.29 is 14.3 Å². The molecule has 6 heteroatoms. The summed E-state index contributed by atoms with van der Waals surface area (Å²) in [6.45, 7) is 2.43. The van der Waals surface area contributed by atoms with Crippen LogP contribution in [0, 0.1) is 0 Å². The summed E-state index contributed by atoms with van der Waals surface area (Å²) < 4.78 is 5.33. The Labute approximate surface area is 160 Å². The van der Waals surface area contributed by atoms with Crippen molar-refractivity contribution in [2.24, 2.45) is 0 Å². The number of amides is 2. The van der Waals surface area contributed by atoms with Crippen molar-refractivity contribution in [3.05, 3.63) is 29.8 Å². The topological polar surface area (TPSA) is 49.9 Å². The Balaban J connectivity index is 1.60. The molecule has 0 N–H and O–H groups in total. The Kier molecular flexibility index (Phi) is 6.97. The van der Waals surface area contributed by atoms with Crippen LogP contribution in [-0.2, 0) is 9.53 Å². The second-order valence-electron chi connectivity index (χ2n) is 6.99. The molecule has 26 heavy (non-hydrogen) atoms. The van der Waals surface area contributed by atoms with Crippen LogP contribution in [-0.4, -0.2) is 66.8 Å². The maximum absolute atomic E-state index is 12.8. The van der Waals surface area contributed by atoms with Crippen LogP contribution in [0.4, 0.5) is 0 Å². The summed E-state index contributed by atoms with van der Waals surface area (Å²) in [5, 5.41) is 0. The standard InChI is InChI=1S/C20H28N2O3S/c1-21(16-7-3-2-4-8-16)19(23)15-26-18-10-6-5-9-17(18)20(24)22-11-13-25-14-12-22/h5-6,9-10,16H,2-4,7-8,11-15H2,1H3. The molecule has 1 aromatic carbocycles. The minimum absolute atomic E-state index is 0.0319. The van der Waals surface area contributed by atoms with Crippen LogP contribution in [0.15, 0.2) is 29.2 Å². The molecule has 2 fully saturated rings. The Bertz CT molecular complexity index is 625. The fourth-order valence-corrected chi connectivity index (χ4v) is 4.59. The van der Waals surface area contributed by atoms with E-state index in [0.717, 1.165) is 17.7 Å². The number of morpholine rings is 1. The molecule has 1 aliphatic carbocycles. The molecule has 0 aromatic heterocycles. The van der Waals surface area contributed by atoms with Gasteiger partial charge < -0.3 is 14.5 Å². The summed E-state index contributed by atoms with van der Waals surface area (Å²) in [6, 6.07) is 7.98. The van der Waals surface area contributed by atoms with Crippen molar-refractivity contribution >= 4 is 23.6 Å². The molecule has 1 heterocycles. The number of benzene rings is 1. The lowest BCUT2D eigenvalue weighted by Gasteiger charge is -2.31. The van der Waals surface area contributed by atoms with Gasteiger partial charge in [-0.2, -0.15) is 0 Å². The number of hydrogen-bond acceptors (Lipinski definition) is 4. The Hall–Kier alpha value is -1.53. The van der Waals surface area contributed by atoms with Gasteiger partial charge in [-0.3, -0.25) is 9.59 Å². The maximum atomic E-state index is 12.8. The summed E-state index contributed by atoms with van der Waals surface area (Å²) in [6.07, 6.45) is 5.93. The fourth-order valence-electron chi connectivity index (χ4n) is 3.62. The second kappa shape index (κ2) is 9.42. The van der Waals surface area contributed by atoms with E-state index in [2.05, 4.69) is 0 Å². The summed E-state index contributed by atoms with van der Waals surface area (Å²) >= 11 is 1.47. The van der Waals surface area contributed by atoms with E-state index >= 15 is 0 Å². The largest absolute Gasteiger partial charge is 0.378 e. The lowest BCUT2D eigenvalue weighted by Crippen LogP contribution is -2.41. The van der Waals surface area contributed by atoms with E-state index in [1.54, 1.807) is 0 Å². The van der Waals surface area contributed by atoms with Gasteiger partial charge >= 0.3 is 0 Å². The van der Waals surface area contributed by atoms with Crippen LogP contribution >= 0.6 is 11.8 Å². The number of carbonyl (C=O) groups excluding carboxylic acids is 2. The first-order valence-corrected chi connectivity index (χ1v) is 10.5. The molecule has 1 aliphatic heterocycles. The number of hydrogen-bond donors (Lipinski definition) is 0. The van der Waals surface area contributed by atoms with Gasteiger partial charge in [-0.1, -0.05) is 31.4 Å². The number of rotatable bonds is 5. The van der Waals surface area contributed by atoms with Gasteiger partial charge in [0, 0.05) is 31.1 Å². The quantitative estimate of drug-likeness (QED) is 0.741. The SMILES string of the molecule is CN(C(=O)CSc1ccccc1C(=O)N1CCOCC1)C1CCCCC1. The van der Waals surface area contributed by atoms with Crippen molar-refractivity contribution in [2.75, 3.05) is 39.1 Å². The second-order valence-corrected chi connectivity index (χ2v) is 8.00. The van der Waals surface area contributed by atoms with E-state index in [-0.39, 0.29) is 11.8 Å². The first-order valence-electron chi connectivity index (χ1n) is 9.51. The molecule has 2 amide bonds. The van der Waals surface area contributed by atoms with Crippen molar-refractivity contribution in [3.8, 4) is 0 Å². The molecular weight excluding hydrogens is 348 g/mol. The Morgan fingerprint density at radius 2 is 1.85 bits per heavy atom. The highest BCUT2D eigenvalue weighted by Gasteiger charge is 2.24. The van der Waals surface area contributed by atoms with Gasteiger partial charge in [0.25, 0.3) is 5.91 Å². The highest BCUT2D eigenvalue weighted by Crippen LogP contribution is 2.26. The van der Waals surface area contributed by atoms with Crippen LogP contribution in [0.1, 0.15) is 42.5 Å². The Morgan fingerprint density at radius 1 is 1.15 bits per heavy atom. The monoisotopic (exact) mass is 376 g/mol. The van der Waals surface area contributed by atoms with E-state index in [0.29, 0.717) is 43.7 Å². The third-order valence-corrected chi connectivity index (χ3v) is 6.34. The lowest BCUT2D eigenvalue weighted by atomic mass is 9.94. The van der Waals surface area contributed by atoms with Crippen molar-refractivity contribution in [2.45, 2.75) is 43.0 Å². The molecule has 0 unspecified atom stereocenters. The molecule has 1 aromatic rings. The van der Waals surface area contributed by atoms with Crippen LogP contribution in [0.25, 0.3) is 0 Å². The number of carbonyl (C=O) groups is 2. The molecule has 5 nitrogen and oxygen atoms in total. The zero-order valence-corrected chi connectivity index (χ0v) is 16.3. The van der Waals surface area contributed by atoms with E-state index in [4.69, 9.17) is 4.74 Å². The van der Waals surface area contributed by atoms with Gasteiger partial charge in [0.05, 0.1) is 24.5 Å². The smallest absolute Gasteiger partial charge is 0.255 e. The molecule has 0 spiro atoms. The third-order valence-electron chi connectivity index (χ3n) is 5.28. The van der Waals surface area contributed by atoms with Gasteiger partial charge in [-0.15, -0.1) is 11.8 Å². The van der Waals surface area contributed by atoms with Crippen LogP contribution in [0.5, 0.6) is 0 Å². The average molecular weight is 377 g/mol. The van der Waals surface area contributed by atoms with Gasteiger partial charge in [-0.05, 0) is 25.0 Å². The molecule has 0 atom stereocenters. The lowest BCUT2D eigenvalue weighted by molar-refractivity contribution is -0.129. The molecule has 3 rings (SSSR count). The van der Waals surface area contributed by atoms with Crippen molar-refractivity contribution in [1.29, 1.82) is 0 Å². The molecule has 0 bridgehead atoms. The number of ether oxygens (including phenoxy) is 1. The number of nitrogens with zero attached hydrogens (tertiary/aromatic N) is 2. The molecule has 142 valence electrons. The molecule has 1 saturated carbocycles. The molecular formula is C20H28N2O3S. The van der Waals surface area contributed by atoms with E-state index in [1.165, 1.54) is 31.0 Å². The minimum Gasteiger partial charge on any atom is -0.378 e. The molecule has 2 aliphatic rings. The predicted octanol–water partition coefficient (Wildman–Crippen LogP) is 3.04. The summed E-state index contributed by atoms with van der Waals surface area (Å²) in [7, 11) is 1.92. The first kappa shape index (κ1) is 19.2. The maximum Gasteiger partial charge on any atom is 0.255 e. The van der Waals surface area contributed by atoms with Gasteiger partial charge in [0.2, 0.25) is 5.91 Å². The molecule has 0 radical (unpaired) electrons. The zero-order valence-electron chi connectivity index (χ0n) is 15.5. The fraction of sp³-hybridized carbons (Fsp3) is 0.600. The summed E-state index contributed by atoms with van der Waals surface area (Å²) in [5.41, 5.74) is 0.688. The highest BCUT2D eigenvalue weighted by atomic mass is 32.2. The normalized spacial score (nSPS) is 18.6. The van der Waals surface area contributed by atoms with Gasteiger partial charge in [0.15, 0.2) is 0 Å². The van der Waals surface area contributed by atoms with Crippen molar-refractivity contribution in [3.63, 3.8) is 0 Å². The van der Waals surface area contributed by atoms with Crippen molar-refractivity contribution in [1.82, 2.24) is 9.80 Å². The van der Waals surface area contributed by atoms with E-state index in [1.807, 2.05) is 41.1 Å². The van der Waals surface area contributed by atoms with E-state index in [9.17, 15) is 9.59 Å². The summed E-state index contributed by atoms with van der Waals surface area (Å²) in [4.78, 5) is 30.0. The highest BCUT2D eigenvalue weighted by molar-refractivity contribution is 8.00. The summed E-state index contributed by atoms with van der Waals surface area (Å²) in [5.74, 6) is 0.556. The Morgan fingerprint density at radius 3 is 2.58 bits per heavy atom. The third kappa shape index (κ3) is 4.80. The van der Waals surface area contributed by atoms with E-state index < -0.39 is 0 Å². The van der Waals surface area contributed by atoms with Crippen LogP contribution < -0.4 is 0 Å². The first-order chi connectivity index (χ1) is 12.7. The zero-order chi connectivity index (χ0) is 18.4. The predicted molar refractivity (Wildman–Crippen MR) is 104 cm³/mol. The minimum atomic E-state index is 0.0319.